The number of nitrogens with two attached hydrogens (primary N) is 1. The number of imidazole rings is 1. The normalized spacial score (nSPS) is 11.9. The zero-order chi connectivity index (χ0) is 12.6. The lowest BCUT2D eigenvalue weighted by molar-refractivity contribution is 0.599. The number of aryl methyl sites for hydroxylation is 2. The van der Waals surface area contributed by atoms with Crippen molar-refractivity contribution in [3.05, 3.63) is 17.2 Å². The van der Waals surface area contributed by atoms with E-state index in [1.54, 1.807) is 0 Å². The van der Waals surface area contributed by atoms with Crippen LogP contribution >= 0.6 is 0 Å². The fourth-order valence-electron chi connectivity index (χ4n) is 2.12. The maximum atomic E-state index is 5.63. The molecule has 94 valence electrons. The summed E-state index contributed by atoms with van der Waals surface area (Å²) in [4.78, 5) is 4.57. The molecule has 2 aromatic rings. The molecule has 0 saturated carbocycles. The monoisotopic (exact) mass is 235 g/mol. The zero-order valence-corrected chi connectivity index (χ0v) is 11.1. The molecule has 0 aromatic carbocycles. The molecular weight excluding hydrogens is 214 g/mol. The average Bonchev–Trinajstić information content (AvgIpc) is 2.69. The summed E-state index contributed by atoms with van der Waals surface area (Å²) in [6, 6.07) is 0. The van der Waals surface area contributed by atoms with Gasteiger partial charge in [0, 0.05) is 19.9 Å². The Bertz CT molecular complexity index is 520. The lowest BCUT2D eigenvalue weighted by atomic mass is 10.1. The summed E-state index contributed by atoms with van der Waals surface area (Å²) in [5.74, 6) is 2.60. The molecule has 0 aliphatic carbocycles. The Morgan fingerprint density at radius 1 is 1.35 bits per heavy atom. The van der Waals surface area contributed by atoms with Crippen molar-refractivity contribution in [2.24, 2.45) is 18.7 Å². The van der Waals surface area contributed by atoms with Gasteiger partial charge in [-0.05, 0) is 19.4 Å². The third-order valence-corrected chi connectivity index (χ3v) is 3.01. The largest absolute Gasteiger partial charge is 0.330 e. The molecule has 0 saturated heterocycles. The molecule has 0 fully saturated rings. The van der Waals surface area contributed by atoms with Crippen molar-refractivity contribution in [3.63, 3.8) is 0 Å². The SMILES string of the molecule is Cc1nc2n(C)c(CC(C)C)nn2c1CCN. The number of aromatic nitrogens is 4. The molecule has 2 heterocycles. The first kappa shape index (κ1) is 12.1. The smallest absolute Gasteiger partial charge is 0.232 e. The van der Waals surface area contributed by atoms with E-state index < -0.39 is 0 Å². The predicted molar refractivity (Wildman–Crippen MR) is 68.0 cm³/mol. The quantitative estimate of drug-likeness (QED) is 0.862. The molecule has 0 amide bonds. The highest BCUT2D eigenvalue weighted by molar-refractivity contribution is 5.36. The van der Waals surface area contributed by atoms with E-state index in [-0.39, 0.29) is 0 Å². The van der Waals surface area contributed by atoms with Crippen LogP contribution in [0.1, 0.15) is 31.1 Å². The highest BCUT2D eigenvalue weighted by Gasteiger charge is 2.16. The highest BCUT2D eigenvalue weighted by Crippen LogP contribution is 2.15. The minimum Gasteiger partial charge on any atom is -0.330 e. The number of fused-ring (bicyclic) bond motifs is 1. The van der Waals surface area contributed by atoms with Gasteiger partial charge in [0.25, 0.3) is 0 Å². The Balaban J connectivity index is 2.51. The van der Waals surface area contributed by atoms with Gasteiger partial charge in [0.15, 0.2) is 0 Å². The predicted octanol–water partition coefficient (Wildman–Crippen LogP) is 1.08. The van der Waals surface area contributed by atoms with E-state index in [0.717, 1.165) is 35.8 Å². The van der Waals surface area contributed by atoms with E-state index in [2.05, 4.69) is 28.5 Å². The molecule has 5 nitrogen and oxygen atoms in total. The third-order valence-electron chi connectivity index (χ3n) is 3.01. The summed E-state index contributed by atoms with van der Waals surface area (Å²) < 4.78 is 4.02. The van der Waals surface area contributed by atoms with Gasteiger partial charge in [-0.1, -0.05) is 13.8 Å². The maximum Gasteiger partial charge on any atom is 0.232 e. The third kappa shape index (κ3) is 2.07. The van der Waals surface area contributed by atoms with Gasteiger partial charge in [0.05, 0.1) is 11.4 Å². The van der Waals surface area contributed by atoms with Crippen molar-refractivity contribution in [3.8, 4) is 0 Å². The molecule has 0 aliphatic rings. The number of rotatable bonds is 4. The Kier molecular flexibility index (Phi) is 3.19. The fourth-order valence-corrected chi connectivity index (χ4v) is 2.12. The van der Waals surface area contributed by atoms with Crippen LogP contribution in [-0.2, 0) is 19.9 Å². The molecule has 0 unspecified atom stereocenters. The van der Waals surface area contributed by atoms with Gasteiger partial charge in [0.2, 0.25) is 5.78 Å². The standard InChI is InChI=1S/C12H21N5/c1-8(2)7-11-15-17-10(5-6-13)9(3)14-12(17)16(11)4/h8H,5-7,13H2,1-4H3. The van der Waals surface area contributed by atoms with E-state index in [1.807, 2.05) is 18.5 Å². The van der Waals surface area contributed by atoms with Gasteiger partial charge in [0.1, 0.15) is 5.82 Å². The first-order chi connectivity index (χ1) is 8.04. The Morgan fingerprint density at radius 3 is 2.65 bits per heavy atom. The topological polar surface area (TPSA) is 61.1 Å². The van der Waals surface area contributed by atoms with E-state index in [0.29, 0.717) is 12.5 Å². The van der Waals surface area contributed by atoms with Gasteiger partial charge in [-0.25, -0.2) is 9.50 Å². The van der Waals surface area contributed by atoms with E-state index in [1.165, 1.54) is 0 Å². The first-order valence-corrected chi connectivity index (χ1v) is 6.14. The van der Waals surface area contributed by atoms with E-state index >= 15 is 0 Å². The van der Waals surface area contributed by atoms with Gasteiger partial charge >= 0.3 is 0 Å². The maximum absolute atomic E-state index is 5.63. The minimum atomic E-state index is 0.597. The van der Waals surface area contributed by atoms with Crippen LogP contribution in [0.2, 0.25) is 0 Å². The summed E-state index contributed by atoms with van der Waals surface area (Å²) in [7, 11) is 2.03. The lowest BCUT2D eigenvalue weighted by Gasteiger charge is -2.03. The fraction of sp³-hybridized carbons (Fsp3) is 0.667. The molecule has 5 heteroatoms. The van der Waals surface area contributed by atoms with Gasteiger partial charge in [-0.3, -0.25) is 0 Å². The second kappa shape index (κ2) is 4.49. The molecule has 2 N–H and O–H groups in total. The van der Waals surface area contributed by atoms with E-state index in [4.69, 9.17) is 5.73 Å². The second-order valence-electron chi connectivity index (χ2n) is 4.97. The van der Waals surface area contributed by atoms with Crippen LogP contribution in [0.15, 0.2) is 0 Å². The summed E-state index contributed by atoms with van der Waals surface area (Å²) in [6.45, 7) is 7.04. The van der Waals surface area contributed by atoms with Crippen LogP contribution in [-0.4, -0.2) is 25.7 Å². The number of hydrogen-bond donors (Lipinski definition) is 1. The second-order valence-corrected chi connectivity index (χ2v) is 4.97. The van der Waals surface area contributed by atoms with Crippen LogP contribution in [0.5, 0.6) is 0 Å². The van der Waals surface area contributed by atoms with Crippen molar-refractivity contribution in [2.45, 2.75) is 33.6 Å². The Hall–Kier alpha value is -1.36. The first-order valence-electron chi connectivity index (χ1n) is 6.14. The summed E-state index contributed by atoms with van der Waals surface area (Å²) >= 11 is 0. The molecule has 0 bridgehead atoms. The molecular formula is C12H21N5. The van der Waals surface area contributed by atoms with Gasteiger partial charge in [-0.2, -0.15) is 5.10 Å². The zero-order valence-electron chi connectivity index (χ0n) is 11.1. The Morgan fingerprint density at radius 2 is 2.06 bits per heavy atom. The summed E-state index contributed by atoms with van der Waals surface area (Å²) in [5, 5.41) is 4.65. The van der Waals surface area contributed by atoms with Crippen molar-refractivity contribution in [1.29, 1.82) is 0 Å². The van der Waals surface area contributed by atoms with Crippen LogP contribution in [0.25, 0.3) is 5.78 Å². The van der Waals surface area contributed by atoms with Crippen molar-refractivity contribution >= 4 is 5.78 Å². The van der Waals surface area contributed by atoms with Crippen molar-refractivity contribution in [1.82, 2.24) is 19.2 Å². The Labute approximate surface area is 102 Å². The highest BCUT2D eigenvalue weighted by atomic mass is 15.4. The van der Waals surface area contributed by atoms with Crippen molar-refractivity contribution in [2.75, 3.05) is 6.54 Å². The van der Waals surface area contributed by atoms with Crippen LogP contribution in [0.3, 0.4) is 0 Å². The van der Waals surface area contributed by atoms with Gasteiger partial charge < -0.3 is 10.3 Å². The van der Waals surface area contributed by atoms with Crippen LogP contribution in [0.4, 0.5) is 0 Å². The summed E-state index contributed by atoms with van der Waals surface area (Å²) in [5.41, 5.74) is 7.79. The molecule has 0 radical (unpaired) electrons. The molecule has 2 rings (SSSR count). The lowest BCUT2D eigenvalue weighted by Crippen LogP contribution is -2.07. The molecule has 17 heavy (non-hydrogen) atoms. The molecule has 0 aliphatic heterocycles. The van der Waals surface area contributed by atoms with Crippen LogP contribution in [0, 0.1) is 12.8 Å². The molecule has 2 aromatic heterocycles. The average molecular weight is 235 g/mol. The molecule has 0 spiro atoms. The summed E-state index contributed by atoms with van der Waals surface area (Å²) in [6.07, 6.45) is 1.80. The van der Waals surface area contributed by atoms with Crippen LogP contribution < -0.4 is 5.73 Å². The van der Waals surface area contributed by atoms with Gasteiger partial charge in [-0.15, -0.1) is 0 Å². The molecule has 0 atom stereocenters. The number of hydrogen-bond acceptors (Lipinski definition) is 3. The van der Waals surface area contributed by atoms with E-state index in [9.17, 15) is 0 Å². The van der Waals surface area contributed by atoms with Crippen molar-refractivity contribution < 1.29 is 0 Å². The number of nitrogens with zero attached hydrogens (tertiary/aromatic N) is 4. The minimum absolute atomic E-state index is 0.597.